The summed E-state index contributed by atoms with van der Waals surface area (Å²) in [5, 5.41) is 22.8. The summed E-state index contributed by atoms with van der Waals surface area (Å²) in [4.78, 5) is 37.8. The Kier molecular flexibility index (Phi) is 6.91. The van der Waals surface area contributed by atoms with Crippen molar-refractivity contribution < 1.29 is 9.90 Å². The van der Waals surface area contributed by atoms with Crippen LogP contribution >= 0.6 is 12.4 Å². The van der Waals surface area contributed by atoms with Gasteiger partial charge in [-0.25, -0.2) is 10.1 Å². The second-order valence-electron chi connectivity index (χ2n) is 10.0. The van der Waals surface area contributed by atoms with Crippen LogP contribution in [-0.4, -0.2) is 70.5 Å². The van der Waals surface area contributed by atoms with E-state index in [0.29, 0.717) is 22.7 Å². The Morgan fingerprint density at radius 2 is 1.84 bits per heavy atom. The minimum atomic E-state index is -0.651. The van der Waals surface area contributed by atoms with Gasteiger partial charge in [-0.2, -0.15) is 10.1 Å². The van der Waals surface area contributed by atoms with E-state index in [1.165, 1.54) is 0 Å². The highest BCUT2D eigenvalue weighted by molar-refractivity contribution is 5.90. The third-order valence-corrected chi connectivity index (χ3v) is 7.87. The first-order valence-corrected chi connectivity index (χ1v) is 12.6. The lowest BCUT2D eigenvalue weighted by atomic mass is 9.90. The van der Waals surface area contributed by atoms with Crippen LogP contribution in [0.3, 0.4) is 0 Å². The number of halogens is 1. The van der Waals surface area contributed by atoms with Gasteiger partial charge in [0.25, 0.3) is 5.56 Å². The van der Waals surface area contributed by atoms with Crippen molar-refractivity contribution >= 4 is 52.4 Å². The number of benzene rings is 1. The maximum atomic E-state index is 12.6. The van der Waals surface area contributed by atoms with E-state index >= 15 is 0 Å². The predicted octanol–water partition coefficient (Wildman–Crippen LogP) is 2.37. The van der Waals surface area contributed by atoms with E-state index in [2.05, 4.69) is 47.7 Å². The number of nitrogens with zero attached hydrogens (tertiary/aromatic N) is 5. The number of fused-ring (bicyclic) bond motifs is 1. The molecule has 3 aliphatic rings. The molecule has 1 aromatic carbocycles. The molecule has 11 nitrogen and oxygen atoms in total. The molecule has 1 atom stereocenters. The van der Waals surface area contributed by atoms with Gasteiger partial charge >= 0.3 is 5.97 Å². The molecule has 196 valence electrons. The molecule has 2 saturated heterocycles. The fourth-order valence-corrected chi connectivity index (χ4v) is 5.62. The van der Waals surface area contributed by atoms with Crippen LogP contribution in [-0.2, 0) is 4.79 Å². The van der Waals surface area contributed by atoms with Crippen molar-refractivity contribution in [2.45, 2.75) is 25.7 Å². The third-order valence-electron chi connectivity index (χ3n) is 7.87. The van der Waals surface area contributed by atoms with Crippen LogP contribution in [0.25, 0.3) is 10.9 Å². The largest absolute Gasteiger partial charge is 0.481 e. The molecule has 1 aliphatic carbocycles. The van der Waals surface area contributed by atoms with E-state index in [4.69, 9.17) is 4.98 Å². The summed E-state index contributed by atoms with van der Waals surface area (Å²) in [7, 11) is 0. The Balaban J connectivity index is 0.00000280. The van der Waals surface area contributed by atoms with Gasteiger partial charge in [0.15, 0.2) is 0 Å². The molecule has 3 fully saturated rings. The summed E-state index contributed by atoms with van der Waals surface area (Å²) < 4.78 is 0. The quantitative estimate of drug-likeness (QED) is 0.391. The fraction of sp³-hybridized carbons (Fsp3) is 0.480. The zero-order chi connectivity index (χ0) is 24.7. The number of carbonyl (C=O) groups is 1. The molecule has 4 heterocycles. The normalized spacial score (nSPS) is 20.8. The number of piperidine rings is 1. The average Bonchev–Trinajstić information content (AvgIpc) is 3.65. The van der Waals surface area contributed by atoms with Gasteiger partial charge in [0, 0.05) is 44.1 Å². The van der Waals surface area contributed by atoms with E-state index in [-0.39, 0.29) is 29.3 Å². The van der Waals surface area contributed by atoms with Crippen molar-refractivity contribution in [3.8, 4) is 0 Å². The number of aromatic nitrogens is 4. The third kappa shape index (κ3) is 4.93. The van der Waals surface area contributed by atoms with Crippen LogP contribution in [0.5, 0.6) is 0 Å². The van der Waals surface area contributed by atoms with E-state index in [1.54, 1.807) is 6.20 Å². The number of nitrogens with one attached hydrogen (secondary N) is 3. The highest BCUT2D eigenvalue weighted by Gasteiger charge is 2.58. The molecule has 6 rings (SSSR count). The van der Waals surface area contributed by atoms with Crippen LogP contribution < -0.4 is 26.0 Å². The number of aliphatic carboxylic acids is 1. The number of carboxylic acid groups (broad SMARTS) is 1. The topological polar surface area (TPSA) is 139 Å². The van der Waals surface area contributed by atoms with Crippen molar-refractivity contribution in [2.75, 3.05) is 54.4 Å². The Bertz CT molecular complexity index is 1330. The molecule has 3 aromatic rings. The number of hydrogen-bond donors (Lipinski definition) is 4. The van der Waals surface area contributed by atoms with Crippen molar-refractivity contribution in [2.24, 2.45) is 11.3 Å². The second-order valence-corrected chi connectivity index (χ2v) is 10.0. The lowest BCUT2D eigenvalue weighted by molar-refractivity contribution is -0.139. The van der Waals surface area contributed by atoms with Crippen molar-refractivity contribution in [3.05, 3.63) is 40.8 Å². The second kappa shape index (κ2) is 10.1. The molecule has 0 bridgehead atoms. The minimum absolute atomic E-state index is 0. The van der Waals surface area contributed by atoms with Gasteiger partial charge in [0.05, 0.1) is 12.1 Å². The van der Waals surface area contributed by atoms with Gasteiger partial charge in [0.1, 0.15) is 16.7 Å². The first-order chi connectivity index (χ1) is 17.5. The molecule has 37 heavy (non-hydrogen) atoms. The molecule has 2 aliphatic heterocycles. The molecule has 1 saturated carbocycles. The van der Waals surface area contributed by atoms with Crippen molar-refractivity contribution in [1.82, 2.24) is 25.5 Å². The number of carboxylic acids is 1. The summed E-state index contributed by atoms with van der Waals surface area (Å²) >= 11 is 0. The summed E-state index contributed by atoms with van der Waals surface area (Å²) in [6.07, 6.45) is 5.21. The van der Waals surface area contributed by atoms with Crippen LogP contribution in [0.2, 0.25) is 0 Å². The molecule has 4 N–H and O–H groups in total. The molecular formula is C25H31ClN8O3. The number of rotatable bonds is 5. The predicted molar refractivity (Wildman–Crippen MR) is 144 cm³/mol. The van der Waals surface area contributed by atoms with E-state index < -0.39 is 5.97 Å². The highest BCUT2D eigenvalue weighted by atomic mass is 35.5. The standard InChI is InChI=1S/C25H30N8O3.ClH/c34-22-20-19(15-27-31-22)29-24(33-10-1-8-26-9-13-33)30-21(20)28-16-2-4-17(5-3-16)32-11-6-25(7-12-32)14-18(25)23(35)36;/h2-5,15,18,26H,1,6-14H2,(H,31,34)(H,35,36)(H,28,29,30);1H. The fourth-order valence-electron chi connectivity index (χ4n) is 5.62. The van der Waals surface area contributed by atoms with Gasteiger partial charge in [-0.15, -0.1) is 12.4 Å². The zero-order valence-electron chi connectivity index (χ0n) is 20.4. The maximum Gasteiger partial charge on any atom is 0.307 e. The summed E-state index contributed by atoms with van der Waals surface area (Å²) in [5.74, 6) is 0.223. The van der Waals surface area contributed by atoms with Gasteiger partial charge in [-0.1, -0.05) is 0 Å². The van der Waals surface area contributed by atoms with Gasteiger partial charge in [-0.05, 0) is 61.9 Å². The SMILES string of the molecule is Cl.O=C(O)C1CC12CCN(c1ccc(Nc3nc(N4CCCNCC4)nc4cn[nH]c(=O)c34)cc1)CC2. The molecule has 0 amide bonds. The van der Waals surface area contributed by atoms with Gasteiger partial charge in [-0.3, -0.25) is 9.59 Å². The molecule has 12 heteroatoms. The Morgan fingerprint density at radius 1 is 1.05 bits per heavy atom. The first kappa shape index (κ1) is 25.2. The molecule has 1 spiro atoms. The minimum Gasteiger partial charge on any atom is -0.481 e. The highest BCUT2D eigenvalue weighted by Crippen LogP contribution is 2.59. The molecular weight excluding hydrogens is 496 g/mol. The first-order valence-electron chi connectivity index (χ1n) is 12.6. The maximum absolute atomic E-state index is 12.6. The van der Waals surface area contributed by atoms with Crippen LogP contribution in [0, 0.1) is 11.3 Å². The van der Waals surface area contributed by atoms with Crippen molar-refractivity contribution in [3.63, 3.8) is 0 Å². The van der Waals surface area contributed by atoms with E-state index in [0.717, 1.165) is 76.3 Å². The number of aromatic amines is 1. The van der Waals surface area contributed by atoms with E-state index in [9.17, 15) is 14.7 Å². The summed E-state index contributed by atoms with van der Waals surface area (Å²) in [6, 6.07) is 8.07. The molecule has 0 radical (unpaired) electrons. The van der Waals surface area contributed by atoms with Crippen LogP contribution in [0.1, 0.15) is 25.7 Å². The number of anilines is 4. The number of hydrogen-bond acceptors (Lipinski definition) is 9. The Labute approximate surface area is 220 Å². The van der Waals surface area contributed by atoms with Gasteiger partial charge < -0.3 is 25.5 Å². The van der Waals surface area contributed by atoms with Crippen molar-refractivity contribution in [1.29, 1.82) is 0 Å². The lowest BCUT2D eigenvalue weighted by Gasteiger charge is -2.34. The molecule has 1 unspecified atom stereocenters. The monoisotopic (exact) mass is 526 g/mol. The summed E-state index contributed by atoms with van der Waals surface area (Å²) in [5.41, 5.74) is 2.11. The van der Waals surface area contributed by atoms with Crippen LogP contribution in [0.4, 0.5) is 23.1 Å². The average molecular weight is 527 g/mol. The van der Waals surface area contributed by atoms with E-state index in [1.807, 2.05) is 12.1 Å². The Morgan fingerprint density at radius 3 is 2.57 bits per heavy atom. The zero-order valence-corrected chi connectivity index (χ0v) is 21.3. The smallest absolute Gasteiger partial charge is 0.307 e. The van der Waals surface area contributed by atoms with Crippen LogP contribution in [0.15, 0.2) is 35.3 Å². The van der Waals surface area contributed by atoms with Gasteiger partial charge in [0.2, 0.25) is 5.95 Å². The summed E-state index contributed by atoms with van der Waals surface area (Å²) in [6.45, 7) is 5.18. The number of H-pyrrole nitrogens is 1. The molecule has 2 aromatic heterocycles. The lowest BCUT2D eigenvalue weighted by Crippen LogP contribution is -2.35. The Hall–Kier alpha value is -3.44.